The highest BCUT2D eigenvalue weighted by molar-refractivity contribution is 5.83. The van der Waals surface area contributed by atoms with E-state index in [0.29, 0.717) is 25.9 Å². The average molecular weight is 315 g/mol. The Morgan fingerprint density at radius 1 is 1.17 bits per heavy atom. The molecule has 0 radical (unpaired) electrons. The zero-order valence-corrected chi connectivity index (χ0v) is 13.5. The second-order valence-electron chi connectivity index (χ2n) is 6.47. The Hall–Kier alpha value is -2.04. The number of hydrogen-bond donors (Lipinski definition) is 2. The number of nitrogens with zero attached hydrogens (tertiary/aromatic N) is 1. The Morgan fingerprint density at radius 2 is 1.91 bits per heavy atom. The van der Waals surface area contributed by atoms with Crippen molar-refractivity contribution in [2.24, 2.45) is 5.92 Å². The van der Waals surface area contributed by atoms with E-state index in [9.17, 15) is 9.59 Å². The van der Waals surface area contributed by atoms with Crippen LogP contribution < -0.4 is 15.5 Å². The summed E-state index contributed by atoms with van der Waals surface area (Å²) in [6.07, 6.45) is 4.97. The molecule has 2 aliphatic heterocycles. The van der Waals surface area contributed by atoms with E-state index in [-0.39, 0.29) is 17.7 Å². The van der Waals surface area contributed by atoms with Crippen molar-refractivity contribution in [3.8, 4) is 0 Å². The fraction of sp³-hybridized carbons (Fsp3) is 0.556. The summed E-state index contributed by atoms with van der Waals surface area (Å²) in [5.74, 6) is -0.0206. The number of nitrogens with one attached hydrogen (secondary N) is 2. The van der Waals surface area contributed by atoms with E-state index in [1.807, 2.05) is 0 Å². The van der Waals surface area contributed by atoms with Crippen LogP contribution in [0.2, 0.25) is 0 Å². The molecule has 2 heterocycles. The van der Waals surface area contributed by atoms with Gasteiger partial charge in [-0.15, -0.1) is 0 Å². The molecule has 1 aromatic carbocycles. The highest BCUT2D eigenvalue weighted by atomic mass is 16.2. The van der Waals surface area contributed by atoms with Crippen LogP contribution >= 0.6 is 0 Å². The van der Waals surface area contributed by atoms with Crippen LogP contribution in [-0.4, -0.2) is 31.4 Å². The summed E-state index contributed by atoms with van der Waals surface area (Å²) in [6, 6.07) is 8.47. The quantitative estimate of drug-likeness (QED) is 0.891. The molecule has 0 aromatic heterocycles. The molecule has 0 spiro atoms. The molecule has 5 heteroatoms. The minimum atomic E-state index is -0.0969. The van der Waals surface area contributed by atoms with Gasteiger partial charge in [-0.25, -0.2) is 0 Å². The lowest BCUT2D eigenvalue weighted by Gasteiger charge is -2.28. The number of anilines is 1. The monoisotopic (exact) mass is 315 g/mol. The number of carbonyl (C=O) groups is 2. The fourth-order valence-corrected chi connectivity index (χ4v) is 3.27. The van der Waals surface area contributed by atoms with Crippen molar-refractivity contribution in [2.75, 3.05) is 24.5 Å². The summed E-state index contributed by atoms with van der Waals surface area (Å²) in [5.41, 5.74) is 2.38. The van der Waals surface area contributed by atoms with Gasteiger partial charge >= 0.3 is 0 Å². The van der Waals surface area contributed by atoms with Crippen LogP contribution in [0.1, 0.15) is 37.7 Å². The molecule has 0 unspecified atom stereocenters. The molecule has 1 aromatic rings. The maximum atomic E-state index is 12.1. The van der Waals surface area contributed by atoms with Gasteiger partial charge in [-0.05, 0) is 43.4 Å². The highest BCUT2D eigenvalue weighted by Crippen LogP contribution is 2.20. The molecule has 124 valence electrons. The van der Waals surface area contributed by atoms with Crippen LogP contribution in [0.15, 0.2) is 24.3 Å². The predicted octanol–water partition coefficient (Wildman–Crippen LogP) is 1.82. The second-order valence-corrected chi connectivity index (χ2v) is 6.47. The maximum absolute atomic E-state index is 12.1. The number of amides is 2. The van der Waals surface area contributed by atoms with E-state index < -0.39 is 0 Å². The van der Waals surface area contributed by atoms with Crippen LogP contribution in [0, 0.1) is 5.92 Å². The fourth-order valence-electron chi connectivity index (χ4n) is 3.27. The lowest BCUT2D eigenvalue weighted by atomic mass is 9.98. The first kappa shape index (κ1) is 15.8. The Bertz CT molecular complexity index is 540. The van der Waals surface area contributed by atoms with Crippen molar-refractivity contribution in [1.82, 2.24) is 10.6 Å². The van der Waals surface area contributed by atoms with Crippen molar-refractivity contribution < 1.29 is 9.59 Å². The summed E-state index contributed by atoms with van der Waals surface area (Å²) in [6.45, 7) is 3.29. The van der Waals surface area contributed by atoms with Crippen LogP contribution in [0.5, 0.6) is 0 Å². The van der Waals surface area contributed by atoms with E-state index in [4.69, 9.17) is 0 Å². The normalized spacial score (nSPS) is 21.7. The van der Waals surface area contributed by atoms with E-state index >= 15 is 0 Å². The van der Waals surface area contributed by atoms with Crippen molar-refractivity contribution >= 4 is 17.5 Å². The van der Waals surface area contributed by atoms with Gasteiger partial charge in [-0.3, -0.25) is 9.59 Å². The molecule has 0 saturated carbocycles. The van der Waals surface area contributed by atoms with Crippen molar-refractivity contribution in [3.63, 3.8) is 0 Å². The predicted molar refractivity (Wildman–Crippen MR) is 90.1 cm³/mol. The third-order valence-corrected chi connectivity index (χ3v) is 4.76. The molecular weight excluding hydrogens is 290 g/mol. The molecule has 5 nitrogen and oxygen atoms in total. The second kappa shape index (κ2) is 7.49. The number of benzene rings is 1. The molecule has 0 aliphatic carbocycles. The van der Waals surface area contributed by atoms with Crippen LogP contribution in [0.4, 0.5) is 5.69 Å². The average Bonchev–Trinajstić information content (AvgIpc) is 2.61. The smallest absolute Gasteiger partial charge is 0.225 e. The van der Waals surface area contributed by atoms with Gasteiger partial charge in [0.15, 0.2) is 0 Å². The summed E-state index contributed by atoms with van der Waals surface area (Å²) in [5, 5.41) is 5.73. The molecular formula is C18H25N3O2. The van der Waals surface area contributed by atoms with Crippen molar-refractivity contribution in [3.05, 3.63) is 29.8 Å². The molecule has 2 fully saturated rings. The summed E-state index contributed by atoms with van der Waals surface area (Å²) in [7, 11) is 0. The summed E-state index contributed by atoms with van der Waals surface area (Å²) in [4.78, 5) is 25.7. The van der Waals surface area contributed by atoms with Gasteiger partial charge in [0.1, 0.15) is 0 Å². The van der Waals surface area contributed by atoms with Crippen LogP contribution in [0.3, 0.4) is 0 Å². The Morgan fingerprint density at radius 3 is 2.57 bits per heavy atom. The minimum absolute atomic E-state index is 0.0325. The van der Waals surface area contributed by atoms with Gasteiger partial charge < -0.3 is 15.5 Å². The molecule has 2 amide bonds. The molecule has 23 heavy (non-hydrogen) atoms. The van der Waals surface area contributed by atoms with Gasteiger partial charge in [-0.1, -0.05) is 12.1 Å². The molecule has 3 rings (SSSR count). The minimum Gasteiger partial charge on any atom is -0.372 e. The third-order valence-electron chi connectivity index (χ3n) is 4.76. The maximum Gasteiger partial charge on any atom is 0.225 e. The number of carbonyl (C=O) groups excluding carboxylic acids is 2. The molecule has 2 saturated heterocycles. The molecule has 2 aliphatic rings. The van der Waals surface area contributed by atoms with Crippen LogP contribution in [0.25, 0.3) is 0 Å². The lowest BCUT2D eigenvalue weighted by molar-refractivity contribution is -0.129. The first-order chi connectivity index (χ1) is 11.2. The van der Waals surface area contributed by atoms with Gasteiger partial charge in [0.2, 0.25) is 11.8 Å². The molecule has 1 atom stereocenters. The van der Waals surface area contributed by atoms with E-state index in [1.54, 1.807) is 0 Å². The summed E-state index contributed by atoms with van der Waals surface area (Å²) < 4.78 is 0. The zero-order valence-electron chi connectivity index (χ0n) is 13.5. The zero-order chi connectivity index (χ0) is 16.1. The first-order valence-electron chi connectivity index (χ1n) is 8.61. The Kier molecular flexibility index (Phi) is 5.16. The molecule has 0 bridgehead atoms. The third kappa shape index (κ3) is 4.24. The van der Waals surface area contributed by atoms with Crippen LogP contribution in [-0.2, 0) is 16.1 Å². The number of hydrogen-bond acceptors (Lipinski definition) is 3. The van der Waals surface area contributed by atoms with E-state index in [1.165, 1.54) is 24.9 Å². The van der Waals surface area contributed by atoms with E-state index in [0.717, 1.165) is 18.7 Å². The Labute approximate surface area is 137 Å². The SMILES string of the molecule is O=C1CC[C@@H](C(=O)NCc2ccc(N3CCCCC3)cc2)CN1. The van der Waals surface area contributed by atoms with Crippen molar-refractivity contribution in [1.29, 1.82) is 0 Å². The standard InChI is InChI=1S/C18H25N3O2/c22-17-9-6-15(13-19-17)18(23)20-12-14-4-7-16(8-5-14)21-10-2-1-3-11-21/h4-5,7-8,15H,1-3,6,9-13H2,(H,19,22)(H,20,23)/t15-/m1/s1. The number of rotatable bonds is 4. The van der Waals surface area contributed by atoms with E-state index in [2.05, 4.69) is 39.8 Å². The van der Waals surface area contributed by atoms with Gasteiger partial charge in [0.25, 0.3) is 0 Å². The number of piperidine rings is 2. The van der Waals surface area contributed by atoms with Crippen molar-refractivity contribution in [2.45, 2.75) is 38.6 Å². The van der Waals surface area contributed by atoms with Gasteiger partial charge in [-0.2, -0.15) is 0 Å². The summed E-state index contributed by atoms with van der Waals surface area (Å²) >= 11 is 0. The first-order valence-corrected chi connectivity index (χ1v) is 8.61. The topological polar surface area (TPSA) is 61.4 Å². The van der Waals surface area contributed by atoms with Gasteiger partial charge in [0, 0.05) is 38.3 Å². The largest absolute Gasteiger partial charge is 0.372 e. The van der Waals surface area contributed by atoms with Gasteiger partial charge in [0.05, 0.1) is 5.92 Å². The lowest BCUT2D eigenvalue weighted by Crippen LogP contribution is -2.42. The highest BCUT2D eigenvalue weighted by Gasteiger charge is 2.24. The Balaban J connectivity index is 1.48. The molecule has 2 N–H and O–H groups in total.